The van der Waals surface area contributed by atoms with Crippen molar-refractivity contribution in [2.75, 3.05) is 5.73 Å². The molecule has 0 saturated carbocycles. The summed E-state index contributed by atoms with van der Waals surface area (Å²) in [6.07, 6.45) is 0. The number of rotatable bonds is 5. The molecule has 1 aliphatic heterocycles. The Labute approximate surface area is 202 Å². The Balaban J connectivity index is 1.40. The van der Waals surface area contributed by atoms with Gasteiger partial charge in [-0.25, -0.2) is 18.7 Å². The van der Waals surface area contributed by atoms with E-state index in [2.05, 4.69) is 15.0 Å². The number of H-pyrrole nitrogens is 1. The third-order valence-corrected chi connectivity index (χ3v) is 7.12. The third kappa shape index (κ3) is 3.80. The second-order valence-electron chi connectivity index (χ2n) is 8.33. The summed E-state index contributed by atoms with van der Waals surface area (Å²) in [5.74, 6) is -1.50. The lowest BCUT2D eigenvalue weighted by Crippen LogP contribution is -2.31. The Morgan fingerprint density at radius 2 is 1.80 bits per heavy atom. The number of thiazole rings is 1. The van der Waals surface area contributed by atoms with Gasteiger partial charge in [-0.05, 0) is 30.3 Å². The van der Waals surface area contributed by atoms with Gasteiger partial charge >= 0.3 is 0 Å². The number of carbonyl (C=O) groups is 1. The fraction of sp³-hybridized carbons (Fsp3) is 0.160. The Bertz CT molecular complexity index is 1560. The van der Waals surface area contributed by atoms with Crippen molar-refractivity contribution in [1.82, 2.24) is 19.9 Å². The number of nitrogen functional groups attached to an aromatic ring is 1. The molecule has 0 spiro atoms. The number of pyridine rings is 1. The summed E-state index contributed by atoms with van der Waals surface area (Å²) >= 11 is 1.43. The van der Waals surface area contributed by atoms with Crippen molar-refractivity contribution in [2.45, 2.75) is 26.3 Å². The van der Waals surface area contributed by atoms with Gasteiger partial charge in [0, 0.05) is 16.7 Å². The van der Waals surface area contributed by atoms with Gasteiger partial charge in [-0.15, -0.1) is 11.3 Å². The quantitative estimate of drug-likeness (QED) is 0.364. The topological polar surface area (TPSA) is 97.1 Å². The van der Waals surface area contributed by atoms with E-state index < -0.39 is 17.5 Å². The van der Waals surface area contributed by atoms with Gasteiger partial charge in [-0.1, -0.05) is 18.2 Å². The highest BCUT2D eigenvalue weighted by atomic mass is 32.1. The number of hydrogen-bond acceptors (Lipinski definition) is 6. The largest absolute Gasteiger partial charge is 0.383 e. The molecule has 1 aliphatic rings. The van der Waals surface area contributed by atoms with Crippen LogP contribution in [-0.4, -0.2) is 25.8 Å². The van der Waals surface area contributed by atoms with E-state index in [1.165, 1.54) is 34.4 Å². The van der Waals surface area contributed by atoms with Crippen LogP contribution in [0.2, 0.25) is 0 Å². The SMILES string of the molecule is Nc1nc2cc(C(=O)N(Cc3nc4ccccc4s3)Cc3c(F)cccc3F)[nH]c2c2c1COC2. The van der Waals surface area contributed by atoms with Crippen LogP contribution in [0.3, 0.4) is 0 Å². The van der Waals surface area contributed by atoms with Crippen LogP contribution in [0.25, 0.3) is 21.3 Å². The highest BCUT2D eigenvalue weighted by molar-refractivity contribution is 7.18. The molecule has 5 aromatic rings. The van der Waals surface area contributed by atoms with Crippen LogP contribution in [0.4, 0.5) is 14.6 Å². The number of halogens is 2. The van der Waals surface area contributed by atoms with Gasteiger partial charge in [-0.2, -0.15) is 0 Å². The van der Waals surface area contributed by atoms with Crippen molar-refractivity contribution in [3.63, 3.8) is 0 Å². The predicted octanol–water partition coefficient (Wildman–Crippen LogP) is 4.91. The lowest BCUT2D eigenvalue weighted by molar-refractivity contribution is 0.0721. The van der Waals surface area contributed by atoms with Crippen molar-refractivity contribution in [3.8, 4) is 0 Å². The van der Waals surface area contributed by atoms with Crippen LogP contribution in [0.1, 0.15) is 32.2 Å². The molecule has 0 fully saturated rings. The molecular formula is C25H19F2N5O2S. The number of fused-ring (bicyclic) bond motifs is 4. The molecule has 0 bridgehead atoms. The van der Waals surface area contributed by atoms with Crippen LogP contribution in [0.15, 0.2) is 48.5 Å². The van der Waals surface area contributed by atoms with Gasteiger partial charge < -0.3 is 20.4 Å². The molecular weight excluding hydrogens is 472 g/mol. The molecule has 7 nitrogen and oxygen atoms in total. The molecule has 10 heteroatoms. The first-order valence-electron chi connectivity index (χ1n) is 10.9. The minimum absolute atomic E-state index is 0.0815. The molecule has 35 heavy (non-hydrogen) atoms. The van der Waals surface area contributed by atoms with E-state index in [0.717, 1.165) is 21.3 Å². The Morgan fingerprint density at radius 1 is 1.03 bits per heavy atom. The summed E-state index contributed by atoms with van der Waals surface area (Å²) in [4.78, 5) is 27.2. The number of benzene rings is 2. The second kappa shape index (κ2) is 8.40. The summed E-state index contributed by atoms with van der Waals surface area (Å²) in [5, 5.41) is 0.657. The van der Waals surface area contributed by atoms with E-state index in [4.69, 9.17) is 10.5 Å². The van der Waals surface area contributed by atoms with Crippen molar-refractivity contribution >= 4 is 44.3 Å². The second-order valence-corrected chi connectivity index (χ2v) is 9.44. The number of aromatic nitrogens is 3. The average molecular weight is 492 g/mol. The molecule has 0 saturated heterocycles. The number of nitrogens with zero attached hydrogens (tertiary/aromatic N) is 3. The van der Waals surface area contributed by atoms with Crippen molar-refractivity contribution in [2.24, 2.45) is 0 Å². The number of hydrogen-bond donors (Lipinski definition) is 2. The number of nitrogens with two attached hydrogens (primary N) is 1. The Hall–Kier alpha value is -3.89. The van der Waals surface area contributed by atoms with Crippen molar-refractivity contribution in [3.05, 3.63) is 87.6 Å². The third-order valence-electron chi connectivity index (χ3n) is 6.10. The van der Waals surface area contributed by atoms with E-state index in [0.29, 0.717) is 35.1 Å². The molecule has 0 unspecified atom stereocenters. The monoisotopic (exact) mass is 491 g/mol. The summed E-state index contributed by atoms with van der Waals surface area (Å²) < 4.78 is 35.5. The zero-order valence-corrected chi connectivity index (χ0v) is 19.2. The van der Waals surface area contributed by atoms with E-state index in [9.17, 15) is 13.6 Å². The number of carbonyl (C=O) groups excluding carboxylic acids is 1. The number of anilines is 1. The molecule has 3 aromatic heterocycles. The minimum atomic E-state index is -0.715. The maximum absolute atomic E-state index is 14.5. The fourth-order valence-electron chi connectivity index (χ4n) is 4.35. The smallest absolute Gasteiger partial charge is 0.271 e. The van der Waals surface area contributed by atoms with Gasteiger partial charge in [0.05, 0.1) is 47.6 Å². The van der Waals surface area contributed by atoms with E-state index in [1.54, 1.807) is 6.07 Å². The fourth-order valence-corrected chi connectivity index (χ4v) is 5.33. The Kier molecular flexibility index (Phi) is 5.19. The highest BCUT2D eigenvalue weighted by Crippen LogP contribution is 2.32. The first-order valence-corrected chi connectivity index (χ1v) is 11.7. The maximum Gasteiger partial charge on any atom is 0.271 e. The van der Waals surface area contributed by atoms with E-state index in [-0.39, 0.29) is 24.3 Å². The molecule has 3 N–H and O–H groups in total. The highest BCUT2D eigenvalue weighted by Gasteiger charge is 2.26. The number of ether oxygens (including phenoxy) is 1. The van der Waals surface area contributed by atoms with Crippen molar-refractivity contribution in [1.29, 1.82) is 0 Å². The van der Waals surface area contributed by atoms with Crippen LogP contribution in [-0.2, 0) is 31.0 Å². The standard InChI is InChI=1S/C25H19F2N5O2S/c26-16-4-3-5-17(27)13(16)9-32(10-22-29-18-6-1-2-7-21(18)35-22)25(33)20-8-19-23(30-20)14-11-34-12-15(14)24(28)31-19/h1-8,30H,9-12H2,(H2,28,31). The zero-order chi connectivity index (χ0) is 24.1. The lowest BCUT2D eigenvalue weighted by atomic mass is 10.1. The molecule has 4 heterocycles. The summed E-state index contributed by atoms with van der Waals surface area (Å²) in [6.45, 7) is 0.544. The van der Waals surface area contributed by atoms with Crippen LogP contribution < -0.4 is 5.73 Å². The van der Waals surface area contributed by atoms with Crippen LogP contribution in [0.5, 0.6) is 0 Å². The molecule has 1 amide bonds. The molecule has 0 radical (unpaired) electrons. The molecule has 0 aliphatic carbocycles. The van der Waals surface area contributed by atoms with Gasteiger partial charge in [0.25, 0.3) is 5.91 Å². The number of amides is 1. The summed E-state index contributed by atoms with van der Waals surface area (Å²) in [6, 6.07) is 12.9. The molecule has 176 valence electrons. The first-order chi connectivity index (χ1) is 17.0. The van der Waals surface area contributed by atoms with Crippen molar-refractivity contribution < 1.29 is 18.3 Å². The molecule has 2 aromatic carbocycles. The summed E-state index contributed by atoms with van der Waals surface area (Å²) in [7, 11) is 0. The minimum Gasteiger partial charge on any atom is -0.383 e. The first kappa shape index (κ1) is 21.6. The lowest BCUT2D eigenvalue weighted by Gasteiger charge is -2.22. The van der Waals surface area contributed by atoms with Gasteiger partial charge in [0.2, 0.25) is 0 Å². The summed E-state index contributed by atoms with van der Waals surface area (Å²) in [5.41, 5.74) is 9.80. The Morgan fingerprint density at radius 3 is 2.60 bits per heavy atom. The maximum atomic E-state index is 14.5. The predicted molar refractivity (Wildman–Crippen MR) is 129 cm³/mol. The van der Waals surface area contributed by atoms with E-state index >= 15 is 0 Å². The van der Waals surface area contributed by atoms with Gasteiger partial charge in [0.1, 0.15) is 28.2 Å². The van der Waals surface area contributed by atoms with Gasteiger partial charge in [-0.3, -0.25) is 4.79 Å². The van der Waals surface area contributed by atoms with Crippen LogP contribution >= 0.6 is 11.3 Å². The molecule has 0 atom stereocenters. The number of para-hydroxylation sites is 1. The molecule has 6 rings (SSSR count). The average Bonchev–Trinajstić information content (AvgIpc) is 3.57. The normalized spacial score (nSPS) is 13.0. The van der Waals surface area contributed by atoms with Crippen LogP contribution in [0, 0.1) is 11.6 Å². The number of nitrogens with one attached hydrogen (secondary N) is 1. The van der Waals surface area contributed by atoms with Gasteiger partial charge in [0.15, 0.2) is 0 Å². The number of aromatic amines is 1. The van der Waals surface area contributed by atoms with E-state index in [1.807, 2.05) is 24.3 Å². The zero-order valence-electron chi connectivity index (χ0n) is 18.3.